The third kappa shape index (κ3) is 10.4. The van der Waals surface area contributed by atoms with Gasteiger partial charge < -0.3 is 30.9 Å². The fraction of sp³-hybridized carbons (Fsp3) is 0.400. The number of quaternary nitrogens is 1. The molecule has 3 aromatic rings. The number of phenolic OH excluding ortho intramolecular Hbond substituents is 1. The molecule has 266 valence electrons. The second-order valence-corrected chi connectivity index (χ2v) is 13.3. The maximum Gasteiger partial charge on any atom is 0.227 e. The summed E-state index contributed by atoms with van der Waals surface area (Å²) in [5, 5.41) is 44.0. The molecule has 0 amide bonds. The summed E-state index contributed by atoms with van der Waals surface area (Å²) in [6, 6.07) is 21.4. The number of benzene rings is 3. The van der Waals surface area contributed by atoms with Gasteiger partial charge in [0.2, 0.25) is 6.73 Å². The normalized spacial score (nSPS) is 17.1. The lowest BCUT2D eigenvalue weighted by Crippen LogP contribution is -3.07. The Balaban J connectivity index is 1.14. The van der Waals surface area contributed by atoms with Crippen molar-refractivity contribution in [1.29, 1.82) is 0 Å². The molecule has 2 aliphatic heterocycles. The SMILES string of the molecule is CCC[C@H](O)C[C@@H](O)CC(=O)CCc1ccc(O)c(OC[NH+]2C=C3N=CC(Cc4cc([C@H](N)NCCc5ccccc5)ccc4CO)=C3C2)c1. The Morgan fingerprint density at radius 2 is 1.84 bits per heavy atom. The Labute approximate surface area is 294 Å². The van der Waals surface area contributed by atoms with E-state index in [-0.39, 0.29) is 50.3 Å². The van der Waals surface area contributed by atoms with Crippen molar-refractivity contribution in [2.24, 2.45) is 10.7 Å². The molecule has 0 saturated carbocycles. The number of hydrogen-bond donors (Lipinski definition) is 7. The highest BCUT2D eigenvalue weighted by Crippen LogP contribution is 2.29. The van der Waals surface area contributed by atoms with Gasteiger partial charge in [0.15, 0.2) is 11.5 Å². The summed E-state index contributed by atoms with van der Waals surface area (Å²) in [5.74, 6) is 0.294. The number of hydrogen-bond acceptors (Lipinski definition) is 9. The molecular formula is C40H51N4O6+. The highest BCUT2D eigenvalue weighted by atomic mass is 16.5. The van der Waals surface area contributed by atoms with Crippen LogP contribution in [0.2, 0.25) is 0 Å². The van der Waals surface area contributed by atoms with E-state index in [0.717, 1.165) is 63.4 Å². The second-order valence-electron chi connectivity index (χ2n) is 13.3. The number of aromatic hydroxyl groups is 1. The molecule has 0 saturated heterocycles. The van der Waals surface area contributed by atoms with Gasteiger partial charge in [-0.3, -0.25) is 20.0 Å². The predicted molar refractivity (Wildman–Crippen MR) is 194 cm³/mol. The molecule has 0 bridgehead atoms. The quantitative estimate of drug-likeness (QED) is 0.0894. The minimum absolute atomic E-state index is 0.0161. The Hall–Kier alpha value is -4.16. The first-order valence-corrected chi connectivity index (χ1v) is 17.6. The minimum atomic E-state index is -0.849. The topological polar surface area (TPSA) is 162 Å². The number of aryl methyl sites for hydroxylation is 1. The Bertz CT molecular complexity index is 1690. The van der Waals surface area contributed by atoms with E-state index in [1.807, 2.05) is 49.7 Å². The molecule has 0 spiro atoms. The van der Waals surface area contributed by atoms with Crippen molar-refractivity contribution in [3.05, 3.63) is 118 Å². The molecule has 0 aliphatic carbocycles. The Kier molecular flexibility index (Phi) is 13.5. The maximum absolute atomic E-state index is 12.5. The Morgan fingerprint density at radius 1 is 1.02 bits per heavy atom. The van der Waals surface area contributed by atoms with Crippen molar-refractivity contribution in [2.75, 3.05) is 19.8 Å². The largest absolute Gasteiger partial charge is 0.504 e. The molecule has 2 heterocycles. The van der Waals surface area contributed by atoms with Crippen LogP contribution in [0, 0.1) is 0 Å². The number of phenols is 1. The third-order valence-corrected chi connectivity index (χ3v) is 9.32. The van der Waals surface area contributed by atoms with Crippen molar-refractivity contribution in [2.45, 2.75) is 83.3 Å². The number of fused-ring (bicyclic) bond motifs is 1. The van der Waals surface area contributed by atoms with Gasteiger partial charge in [0.25, 0.3) is 0 Å². The summed E-state index contributed by atoms with van der Waals surface area (Å²) < 4.78 is 6.04. The van der Waals surface area contributed by atoms with E-state index in [1.54, 1.807) is 18.2 Å². The lowest BCUT2D eigenvalue weighted by molar-refractivity contribution is -0.855. The molecule has 0 fully saturated rings. The number of nitrogens with two attached hydrogens (primary N) is 1. The summed E-state index contributed by atoms with van der Waals surface area (Å²) >= 11 is 0. The molecule has 10 nitrogen and oxygen atoms in total. The number of ketones is 1. The first kappa shape index (κ1) is 37.1. The van der Waals surface area contributed by atoms with Gasteiger partial charge in [0, 0.05) is 31.2 Å². The third-order valence-electron chi connectivity index (χ3n) is 9.32. The van der Waals surface area contributed by atoms with Crippen molar-refractivity contribution in [3.63, 3.8) is 0 Å². The zero-order chi connectivity index (χ0) is 35.5. The molecule has 5 rings (SSSR count). The zero-order valence-electron chi connectivity index (χ0n) is 28.9. The summed E-state index contributed by atoms with van der Waals surface area (Å²) in [5.41, 5.74) is 14.6. The van der Waals surface area contributed by atoms with E-state index in [9.17, 15) is 25.2 Å². The van der Waals surface area contributed by atoms with Crippen molar-refractivity contribution in [3.8, 4) is 11.5 Å². The van der Waals surface area contributed by atoms with Gasteiger partial charge in [-0.2, -0.15) is 0 Å². The van der Waals surface area contributed by atoms with Gasteiger partial charge in [0.05, 0.1) is 25.0 Å². The van der Waals surface area contributed by atoms with E-state index in [1.165, 1.54) is 5.56 Å². The van der Waals surface area contributed by atoms with Crippen LogP contribution in [0.15, 0.2) is 94.8 Å². The molecular weight excluding hydrogens is 632 g/mol. The van der Waals surface area contributed by atoms with Crippen molar-refractivity contribution in [1.82, 2.24) is 5.32 Å². The van der Waals surface area contributed by atoms with Crippen LogP contribution < -0.4 is 20.7 Å². The second kappa shape index (κ2) is 18.2. The minimum Gasteiger partial charge on any atom is -0.504 e. The van der Waals surface area contributed by atoms with Crippen LogP contribution in [0.25, 0.3) is 0 Å². The Morgan fingerprint density at radius 3 is 2.62 bits per heavy atom. The molecule has 1 unspecified atom stereocenters. The van der Waals surface area contributed by atoms with Gasteiger partial charge in [-0.05, 0) is 77.6 Å². The van der Waals surface area contributed by atoms with Crippen LogP contribution >= 0.6 is 0 Å². The van der Waals surface area contributed by atoms with E-state index >= 15 is 0 Å². The number of rotatable bonds is 20. The van der Waals surface area contributed by atoms with Crippen LogP contribution in [0.4, 0.5) is 0 Å². The molecule has 8 N–H and O–H groups in total. The number of ether oxygens (including phenoxy) is 1. The zero-order valence-corrected chi connectivity index (χ0v) is 28.9. The van der Waals surface area contributed by atoms with Gasteiger partial charge in [-0.15, -0.1) is 0 Å². The van der Waals surface area contributed by atoms with E-state index in [0.29, 0.717) is 31.6 Å². The van der Waals surface area contributed by atoms with Gasteiger partial charge >= 0.3 is 0 Å². The predicted octanol–water partition coefficient (Wildman–Crippen LogP) is 3.18. The first-order chi connectivity index (χ1) is 24.2. The standard InChI is InChI=1S/C40H50N4O6/c1-2-6-33(46)20-35(48)21-34(47)13-9-28-10-14-38(49)39(17-28)50-26-44-23-36-32(22-43-37(36)24-44)19-31-18-29(11-12-30(31)25-45)40(41)42-16-15-27-7-4-3-5-8-27/h3-5,7-8,10-12,14,17-18,22,24,33,35,40,42,45-46,48-49H,2,6,9,13,15-16,19-21,23,25-26,41H2,1H3/p+1/t33-,35+,40+/m0/s1. The number of aliphatic imine (C=N–C) groups is 1. The summed E-state index contributed by atoms with van der Waals surface area (Å²) in [7, 11) is 0. The smallest absolute Gasteiger partial charge is 0.227 e. The fourth-order valence-corrected chi connectivity index (χ4v) is 6.51. The van der Waals surface area contributed by atoms with Crippen LogP contribution in [-0.2, 0) is 30.7 Å². The number of nitrogens with one attached hydrogen (secondary N) is 2. The van der Waals surface area contributed by atoms with Gasteiger partial charge in [-0.25, -0.2) is 0 Å². The van der Waals surface area contributed by atoms with E-state index in [4.69, 9.17) is 10.5 Å². The van der Waals surface area contributed by atoms with E-state index in [2.05, 4.69) is 28.5 Å². The summed E-state index contributed by atoms with van der Waals surface area (Å²) in [6.07, 6.45) is 5.99. The number of aliphatic hydroxyl groups excluding tert-OH is 3. The molecule has 0 radical (unpaired) electrons. The number of carbonyl (C=O) groups excluding carboxylic acids is 1. The molecule has 10 heteroatoms. The van der Waals surface area contributed by atoms with E-state index < -0.39 is 12.2 Å². The van der Waals surface area contributed by atoms with Crippen LogP contribution in [0.3, 0.4) is 0 Å². The van der Waals surface area contributed by atoms with Gasteiger partial charge in [0.1, 0.15) is 24.2 Å². The number of aliphatic hydroxyl groups is 3. The van der Waals surface area contributed by atoms with Crippen molar-refractivity contribution < 1.29 is 34.9 Å². The summed E-state index contributed by atoms with van der Waals surface area (Å²) in [4.78, 5) is 18.1. The molecule has 0 aromatic heterocycles. The summed E-state index contributed by atoms with van der Waals surface area (Å²) in [6.45, 7) is 3.59. The average molecular weight is 684 g/mol. The van der Waals surface area contributed by atoms with Gasteiger partial charge in [-0.1, -0.05) is 67.9 Å². The fourth-order valence-electron chi connectivity index (χ4n) is 6.51. The number of Topliss-reactive ketones (excluding diaryl/α,β-unsaturated/α-hetero) is 1. The maximum atomic E-state index is 12.5. The molecule has 4 atom stereocenters. The molecule has 2 aliphatic rings. The first-order valence-electron chi connectivity index (χ1n) is 17.6. The van der Waals surface area contributed by atoms with Crippen LogP contribution in [0.1, 0.15) is 73.0 Å². The number of allylic oxidation sites excluding steroid dienone is 1. The van der Waals surface area contributed by atoms with Crippen LogP contribution in [0.5, 0.6) is 11.5 Å². The molecule has 3 aromatic carbocycles. The lowest BCUT2D eigenvalue weighted by atomic mass is 9.95. The monoisotopic (exact) mass is 683 g/mol. The highest BCUT2D eigenvalue weighted by molar-refractivity contribution is 5.87. The number of carbonyl (C=O) groups is 1. The molecule has 50 heavy (non-hydrogen) atoms. The lowest BCUT2D eigenvalue weighted by Gasteiger charge is -2.17. The van der Waals surface area contributed by atoms with Crippen LogP contribution in [-0.4, -0.2) is 64.5 Å². The highest BCUT2D eigenvalue weighted by Gasteiger charge is 2.29. The average Bonchev–Trinajstić information content (AvgIpc) is 3.68. The van der Waals surface area contributed by atoms with Crippen molar-refractivity contribution >= 4 is 12.0 Å². The number of nitrogens with zero attached hydrogens (tertiary/aromatic N) is 1.